The standard InChI is InChI=1S/C24H30FN7O3/c1-3-4-9-26-21-12-20(28-17-6-5-10-31(24(17)34)18-11-15(18)25)30-22-14(13-27-32(21)22)23(33)29-16-7-8-19(16)35-2/h5-6,10,12-13,15-16,18-19,26H,3-4,7-9,11H2,1-2H3,(H,28,30)(H,29,33)/t15-,16-,18-,19-/m0/s1. The highest BCUT2D eigenvalue weighted by atomic mass is 19.1. The molecule has 3 N–H and O–H groups in total. The van der Waals surface area contributed by atoms with Gasteiger partial charge in [-0.15, -0.1) is 0 Å². The smallest absolute Gasteiger partial charge is 0.274 e. The molecule has 35 heavy (non-hydrogen) atoms. The number of rotatable bonds is 10. The molecule has 0 spiro atoms. The van der Waals surface area contributed by atoms with Crippen molar-refractivity contribution in [2.75, 3.05) is 24.3 Å². The van der Waals surface area contributed by atoms with Gasteiger partial charge in [-0.25, -0.2) is 9.37 Å². The maximum atomic E-state index is 13.6. The zero-order chi connectivity index (χ0) is 24.5. The first-order chi connectivity index (χ1) is 17.0. The number of ether oxygens (including phenoxy) is 1. The van der Waals surface area contributed by atoms with Crippen LogP contribution in [0.3, 0.4) is 0 Å². The Labute approximate surface area is 201 Å². The van der Waals surface area contributed by atoms with Gasteiger partial charge in [-0.2, -0.15) is 9.61 Å². The normalized spacial score (nSPS) is 23.1. The van der Waals surface area contributed by atoms with Crippen molar-refractivity contribution in [1.29, 1.82) is 0 Å². The molecule has 2 saturated carbocycles. The number of carbonyl (C=O) groups is 1. The third-order valence-corrected chi connectivity index (χ3v) is 6.66. The van der Waals surface area contributed by atoms with Gasteiger partial charge in [-0.05, 0) is 31.4 Å². The highest BCUT2D eigenvalue weighted by Gasteiger charge is 2.40. The first-order valence-corrected chi connectivity index (χ1v) is 12.1. The molecule has 3 heterocycles. The van der Waals surface area contributed by atoms with Crippen LogP contribution in [0.25, 0.3) is 5.65 Å². The first kappa shape index (κ1) is 23.3. The molecule has 0 bridgehead atoms. The van der Waals surface area contributed by atoms with E-state index in [1.54, 1.807) is 36.0 Å². The highest BCUT2D eigenvalue weighted by Crippen LogP contribution is 2.37. The molecule has 186 valence electrons. The van der Waals surface area contributed by atoms with E-state index in [1.807, 2.05) is 0 Å². The van der Waals surface area contributed by atoms with E-state index in [-0.39, 0.29) is 29.3 Å². The lowest BCUT2D eigenvalue weighted by Gasteiger charge is -2.35. The molecule has 4 atom stereocenters. The van der Waals surface area contributed by atoms with Gasteiger partial charge in [0.15, 0.2) is 5.65 Å². The van der Waals surface area contributed by atoms with Gasteiger partial charge in [0.1, 0.15) is 29.1 Å². The largest absolute Gasteiger partial charge is 0.379 e. The van der Waals surface area contributed by atoms with Gasteiger partial charge in [0, 0.05) is 32.3 Å². The SMILES string of the molecule is CCCCNc1cc(Nc2cccn([C@H]3C[C@@H]3F)c2=O)nc2c(C(=O)N[C@H]3CC[C@@H]3OC)cnn12. The highest BCUT2D eigenvalue weighted by molar-refractivity contribution is 6.00. The van der Waals surface area contributed by atoms with Crippen molar-refractivity contribution in [2.45, 2.75) is 63.4 Å². The second kappa shape index (κ2) is 9.65. The predicted octanol–water partition coefficient (Wildman–Crippen LogP) is 3.04. The Morgan fingerprint density at radius 2 is 2.17 bits per heavy atom. The van der Waals surface area contributed by atoms with Gasteiger partial charge in [-0.1, -0.05) is 13.3 Å². The number of pyridine rings is 1. The number of nitrogens with one attached hydrogen (secondary N) is 3. The molecule has 2 aliphatic rings. The summed E-state index contributed by atoms with van der Waals surface area (Å²) >= 11 is 0. The van der Waals surface area contributed by atoms with E-state index in [1.165, 1.54) is 10.8 Å². The monoisotopic (exact) mass is 483 g/mol. The number of nitrogens with zero attached hydrogens (tertiary/aromatic N) is 4. The van der Waals surface area contributed by atoms with E-state index in [4.69, 9.17) is 4.74 Å². The number of halogens is 1. The number of unbranched alkanes of at least 4 members (excludes halogenated alkanes) is 1. The predicted molar refractivity (Wildman–Crippen MR) is 130 cm³/mol. The van der Waals surface area contributed by atoms with E-state index in [0.29, 0.717) is 35.8 Å². The van der Waals surface area contributed by atoms with Crippen LogP contribution in [0, 0.1) is 0 Å². The molecule has 0 aromatic carbocycles. The summed E-state index contributed by atoms with van der Waals surface area (Å²) in [7, 11) is 1.64. The van der Waals surface area contributed by atoms with Crippen LogP contribution in [0.1, 0.15) is 55.4 Å². The number of anilines is 3. The first-order valence-electron chi connectivity index (χ1n) is 12.1. The lowest BCUT2D eigenvalue weighted by Crippen LogP contribution is -2.51. The molecule has 1 amide bonds. The minimum Gasteiger partial charge on any atom is -0.379 e. The van der Waals surface area contributed by atoms with Crippen molar-refractivity contribution in [3.63, 3.8) is 0 Å². The molecule has 0 radical (unpaired) electrons. The van der Waals surface area contributed by atoms with Crippen LogP contribution in [-0.2, 0) is 4.74 Å². The number of hydrogen-bond acceptors (Lipinski definition) is 7. The second-order valence-corrected chi connectivity index (χ2v) is 9.11. The maximum Gasteiger partial charge on any atom is 0.274 e. The number of amides is 1. The average molecular weight is 484 g/mol. The summed E-state index contributed by atoms with van der Waals surface area (Å²) in [6.07, 6.45) is 6.19. The van der Waals surface area contributed by atoms with Crippen molar-refractivity contribution in [1.82, 2.24) is 24.5 Å². The summed E-state index contributed by atoms with van der Waals surface area (Å²) in [6.45, 7) is 2.81. The Hall–Kier alpha value is -3.47. The number of fused-ring (bicyclic) bond motifs is 1. The molecular formula is C24H30FN7O3. The summed E-state index contributed by atoms with van der Waals surface area (Å²) in [4.78, 5) is 30.6. The van der Waals surface area contributed by atoms with Gasteiger partial charge >= 0.3 is 0 Å². The lowest BCUT2D eigenvalue weighted by molar-refractivity contribution is 0.00732. The zero-order valence-corrected chi connectivity index (χ0v) is 19.8. The summed E-state index contributed by atoms with van der Waals surface area (Å²) in [5.74, 6) is 0.748. The minimum atomic E-state index is -0.993. The van der Waals surface area contributed by atoms with Crippen LogP contribution in [-0.4, -0.2) is 57.0 Å². The van der Waals surface area contributed by atoms with Gasteiger partial charge in [0.25, 0.3) is 11.5 Å². The number of alkyl halides is 1. The van der Waals surface area contributed by atoms with E-state index < -0.39 is 12.2 Å². The minimum absolute atomic E-state index is 0.00730. The summed E-state index contributed by atoms with van der Waals surface area (Å²) in [6, 6.07) is 4.62. The average Bonchev–Trinajstić information content (AvgIpc) is 3.39. The molecule has 10 nitrogen and oxygen atoms in total. The summed E-state index contributed by atoms with van der Waals surface area (Å²) in [5.41, 5.74) is 0.660. The Kier molecular flexibility index (Phi) is 6.42. The number of methoxy groups -OCH3 is 1. The fourth-order valence-corrected chi connectivity index (χ4v) is 4.31. The van der Waals surface area contributed by atoms with Crippen LogP contribution in [0.15, 0.2) is 35.4 Å². The van der Waals surface area contributed by atoms with Crippen molar-refractivity contribution in [2.24, 2.45) is 0 Å². The Bertz CT molecular complexity index is 1290. The van der Waals surface area contributed by atoms with Crippen molar-refractivity contribution in [3.8, 4) is 0 Å². The van der Waals surface area contributed by atoms with Crippen LogP contribution < -0.4 is 21.5 Å². The summed E-state index contributed by atoms with van der Waals surface area (Å²) in [5, 5.41) is 13.8. The molecule has 3 aromatic heterocycles. The van der Waals surface area contributed by atoms with Crippen molar-refractivity contribution < 1.29 is 13.9 Å². The van der Waals surface area contributed by atoms with Crippen LogP contribution in [0.5, 0.6) is 0 Å². The summed E-state index contributed by atoms with van der Waals surface area (Å²) < 4.78 is 22.0. The molecule has 0 saturated heterocycles. The Balaban J connectivity index is 1.47. The molecule has 2 aliphatic carbocycles. The Morgan fingerprint density at radius 1 is 1.34 bits per heavy atom. The van der Waals surface area contributed by atoms with E-state index in [0.717, 1.165) is 25.7 Å². The quantitative estimate of drug-likeness (QED) is 0.380. The van der Waals surface area contributed by atoms with Gasteiger partial charge in [0.2, 0.25) is 0 Å². The molecule has 2 fully saturated rings. The lowest BCUT2D eigenvalue weighted by atomic mass is 9.89. The molecular weight excluding hydrogens is 453 g/mol. The topological polar surface area (TPSA) is 115 Å². The molecule has 0 aliphatic heterocycles. The third kappa shape index (κ3) is 4.60. The maximum absolute atomic E-state index is 13.6. The molecule has 3 aromatic rings. The van der Waals surface area contributed by atoms with Gasteiger partial charge in [0.05, 0.1) is 24.4 Å². The van der Waals surface area contributed by atoms with Crippen LogP contribution in [0.2, 0.25) is 0 Å². The van der Waals surface area contributed by atoms with Gasteiger partial charge < -0.3 is 25.3 Å². The molecule has 11 heteroatoms. The fraction of sp³-hybridized carbons (Fsp3) is 0.500. The zero-order valence-electron chi connectivity index (χ0n) is 19.8. The van der Waals surface area contributed by atoms with E-state index in [9.17, 15) is 14.0 Å². The number of aromatic nitrogens is 4. The van der Waals surface area contributed by atoms with E-state index >= 15 is 0 Å². The number of hydrogen-bond donors (Lipinski definition) is 3. The van der Waals surface area contributed by atoms with Crippen molar-refractivity contribution >= 4 is 28.9 Å². The van der Waals surface area contributed by atoms with Crippen molar-refractivity contribution in [3.05, 3.63) is 46.5 Å². The Morgan fingerprint density at radius 3 is 2.86 bits per heavy atom. The van der Waals surface area contributed by atoms with Gasteiger partial charge in [-0.3, -0.25) is 9.59 Å². The van der Waals surface area contributed by atoms with Crippen LogP contribution in [0.4, 0.5) is 21.7 Å². The van der Waals surface area contributed by atoms with Crippen LogP contribution >= 0.6 is 0 Å². The number of carbonyl (C=O) groups excluding carboxylic acids is 1. The third-order valence-electron chi connectivity index (χ3n) is 6.66. The fourth-order valence-electron chi connectivity index (χ4n) is 4.31. The molecule has 5 rings (SSSR count). The molecule has 0 unspecified atom stereocenters. The second-order valence-electron chi connectivity index (χ2n) is 9.11. The van der Waals surface area contributed by atoms with E-state index in [2.05, 4.69) is 33.0 Å².